The molecule has 3 amide bonds. The van der Waals surface area contributed by atoms with Gasteiger partial charge in [-0.25, -0.2) is 0 Å². The number of primary amides is 1. The zero-order chi connectivity index (χ0) is 20.0. The highest BCUT2D eigenvalue weighted by Gasteiger charge is 2.15. The predicted octanol–water partition coefficient (Wildman–Crippen LogP) is 2.07. The van der Waals surface area contributed by atoms with Gasteiger partial charge >= 0.3 is 0 Å². The number of hydrogen-bond donors (Lipinski definition) is 3. The molecule has 0 spiro atoms. The van der Waals surface area contributed by atoms with Gasteiger partial charge < -0.3 is 16.4 Å². The third-order valence-corrected chi connectivity index (χ3v) is 4.92. The number of aryl methyl sites for hydroxylation is 1. The van der Waals surface area contributed by atoms with Crippen LogP contribution >= 0.6 is 11.6 Å². The number of anilines is 2. The van der Waals surface area contributed by atoms with Crippen LogP contribution < -0.4 is 16.4 Å². The molecule has 0 aliphatic rings. The Balaban J connectivity index is 1.90. The number of nitrogens with two attached hydrogens (primary N) is 1. The number of rotatable bonds is 7. The molecule has 0 heterocycles. The van der Waals surface area contributed by atoms with Crippen molar-refractivity contribution in [2.75, 3.05) is 22.1 Å². The maximum atomic E-state index is 12.1. The largest absolute Gasteiger partial charge is 0.366 e. The first-order chi connectivity index (χ1) is 12.8. The molecule has 0 radical (unpaired) electrons. The van der Waals surface area contributed by atoms with Crippen LogP contribution in [-0.4, -0.2) is 33.4 Å². The van der Waals surface area contributed by atoms with Crippen molar-refractivity contribution in [2.45, 2.75) is 6.92 Å². The molecule has 1 atom stereocenters. The zero-order valence-corrected chi connectivity index (χ0v) is 16.0. The topological polar surface area (TPSA) is 118 Å². The SMILES string of the molecule is Cc1cc(Cl)ccc1NC(=O)CS(=O)CC(=O)Nc1ccccc1C(N)=O. The van der Waals surface area contributed by atoms with Crippen LogP contribution in [0.1, 0.15) is 15.9 Å². The lowest BCUT2D eigenvalue weighted by molar-refractivity contribution is -0.114. The van der Waals surface area contributed by atoms with Crippen LogP contribution in [0.5, 0.6) is 0 Å². The molecule has 0 saturated carbocycles. The van der Waals surface area contributed by atoms with Crippen LogP contribution in [0.4, 0.5) is 11.4 Å². The lowest BCUT2D eigenvalue weighted by Gasteiger charge is -2.10. The molecule has 7 nitrogen and oxygen atoms in total. The summed E-state index contributed by atoms with van der Waals surface area (Å²) in [6.45, 7) is 1.78. The quantitative estimate of drug-likeness (QED) is 0.650. The molecule has 4 N–H and O–H groups in total. The molecular formula is C18H18ClN3O4S. The van der Waals surface area contributed by atoms with Crippen LogP contribution in [0, 0.1) is 6.92 Å². The molecule has 2 rings (SSSR count). The molecule has 0 aromatic heterocycles. The maximum absolute atomic E-state index is 12.1. The molecule has 142 valence electrons. The van der Waals surface area contributed by atoms with Crippen LogP contribution in [0.25, 0.3) is 0 Å². The summed E-state index contributed by atoms with van der Waals surface area (Å²) in [5, 5.41) is 5.66. The molecule has 0 saturated heterocycles. The maximum Gasteiger partial charge on any atom is 0.250 e. The van der Waals surface area contributed by atoms with E-state index in [0.717, 1.165) is 5.56 Å². The predicted molar refractivity (Wildman–Crippen MR) is 106 cm³/mol. The number of carbonyl (C=O) groups excluding carboxylic acids is 3. The fourth-order valence-corrected chi connectivity index (χ4v) is 3.35. The highest BCUT2D eigenvalue weighted by atomic mass is 35.5. The molecular weight excluding hydrogens is 390 g/mol. The van der Waals surface area contributed by atoms with Gasteiger partial charge in [0.2, 0.25) is 11.8 Å². The van der Waals surface area contributed by atoms with Crippen molar-refractivity contribution < 1.29 is 18.6 Å². The monoisotopic (exact) mass is 407 g/mol. The number of halogens is 1. The lowest BCUT2D eigenvalue weighted by atomic mass is 10.1. The molecule has 2 aromatic carbocycles. The Labute approximate surface area is 163 Å². The van der Waals surface area contributed by atoms with Crippen molar-refractivity contribution in [3.05, 3.63) is 58.6 Å². The molecule has 9 heteroatoms. The van der Waals surface area contributed by atoms with Gasteiger partial charge in [0.1, 0.15) is 11.5 Å². The Hall–Kier alpha value is -2.71. The standard InChI is InChI=1S/C18H18ClN3O4S/c1-11-8-12(19)6-7-14(11)21-16(23)9-27(26)10-17(24)22-15-5-3-2-4-13(15)18(20)25/h2-8H,9-10H2,1H3,(H2,20,25)(H,21,23)(H,22,24). The second-order valence-electron chi connectivity index (χ2n) is 5.69. The van der Waals surface area contributed by atoms with Gasteiger partial charge in [-0.15, -0.1) is 0 Å². The zero-order valence-electron chi connectivity index (χ0n) is 14.5. The highest BCUT2D eigenvalue weighted by Crippen LogP contribution is 2.19. The van der Waals surface area contributed by atoms with E-state index in [-0.39, 0.29) is 22.8 Å². The van der Waals surface area contributed by atoms with Crippen molar-refractivity contribution in [1.82, 2.24) is 0 Å². The van der Waals surface area contributed by atoms with Gasteiger partial charge in [-0.05, 0) is 42.8 Å². The summed E-state index contributed by atoms with van der Waals surface area (Å²) in [6, 6.07) is 11.2. The van der Waals surface area contributed by atoms with Gasteiger partial charge in [0.25, 0.3) is 5.91 Å². The van der Waals surface area contributed by atoms with E-state index in [4.69, 9.17) is 17.3 Å². The van der Waals surface area contributed by atoms with Gasteiger partial charge in [0.15, 0.2) is 0 Å². The third-order valence-electron chi connectivity index (χ3n) is 3.51. The Morgan fingerprint density at radius 2 is 1.59 bits per heavy atom. The Bertz CT molecular complexity index is 917. The molecule has 0 aliphatic heterocycles. The van der Waals surface area contributed by atoms with Gasteiger partial charge in [-0.2, -0.15) is 0 Å². The van der Waals surface area contributed by atoms with Crippen molar-refractivity contribution in [3.63, 3.8) is 0 Å². The number of benzene rings is 2. The Kier molecular flexibility index (Phi) is 7.09. The first-order valence-electron chi connectivity index (χ1n) is 7.86. The number of nitrogens with one attached hydrogen (secondary N) is 2. The average molecular weight is 408 g/mol. The first-order valence-corrected chi connectivity index (χ1v) is 9.72. The van der Waals surface area contributed by atoms with Crippen LogP contribution in [0.2, 0.25) is 5.02 Å². The van der Waals surface area contributed by atoms with E-state index in [9.17, 15) is 18.6 Å². The summed E-state index contributed by atoms with van der Waals surface area (Å²) in [5.74, 6) is -2.49. The van der Waals surface area contributed by atoms with Crippen molar-refractivity contribution in [1.29, 1.82) is 0 Å². The lowest BCUT2D eigenvalue weighted by Crippen LogP contribution is -2.27. The normalized spacial score (nSPS) is 11.5. The Morgan fingerprint density at radius 1 is 1.00 bits per heavy atom. The van der Waals surface area contributed by atoms with E-state index in [1.54, 1.807) is 37.3 Å². The summed E-state index contributed by atoms with van der Waals surface area (Å²) >= 11 is 5.86. The van der Waals surface area contributed by atoms with Gasteiger partial charge in [0.05, 0.1) is 11.3 Å². The molecule has 0 aliphatic carbocycles. The molecule has 27 heavy (non-hydrogen) atoms. The summed E-state index contributed by atoms with van der Waals surface area (Å²) < 4.78 is 12.1. The minimum Gasteiger partial charge on any atom is -0.366 e. The third kappa shape index (κ3) is 6.19. The molecule has 2 aromatic rings. The minimum absolute atomic E-state index is 0.146. The summed E-state index contributed by atoms with van der Waals surface area (Å²) in [6.07, 6.45) is 0. The second kappa shape index (κ2) is 9.29. The van der Waals surface area contributed by atoms with Crippen molar-refractivity contribution in [3.8, 4) is 0 Å². The van der Waals surface area contributed by atoms with Gasteiger partial charge in [-0.1, -0.05) is 23.7 Å². The fourth-order valence-electron chi connectivity index (χ4n) is 2.29. The average Bonchev–Trinajstić information content (AvgIpc) is 2.57. The van der Waals surface area contributed by atoms with Crippen molar-refractivity contribution >= 4 is 51.5 Å². The fraction of sp³-hybridized carbons (Fsp3) is 0.167. The Morgan fingerprint density at radius 3 is 2.19 bits per heavy atom. The number of amides is 3. The van der Waals surface area contributed by atoms with E-state index in [2.05, 4.69) is 10.6 Å². The number of para-hydroxylation sites is 1. The summed E-state index contributed by atoms with van der Waals surface area (Å²) in [7, 11) is -1.72. The first kappa shape index (κ1) is 20.6. The van der Waals surface area contributed by atoms with E-state index in [1.165, 1.54) is 12.1 Å². The minimum atomic E-state index is -1.72. The molecule has 0 bridgehead atoms. The van der Waals surface area contributed by atoms with Crippen LogP contribution in [-0.2, 0) is 20.4 Å². The van der Waals surface area contributed by atoms with E-state index in [0.29, 0.717) is 10.7 Å². The van der Waals surface area contributed by atoms with Gasteiger partial charge in [-0.3, -0.25) is 18.6 Å². The summed E-state index contributed by atoms with van der Waals surface area (Å²) in [4.78, 5) is 35.4. The van der Waals surface area contributed by atoms with E-state index < -0.39 is 28.5 Å². The molecule has 0 fully saturated rings. The highest BCUT2D eigenvalue weighted by molar-refractivity contribution is 7.86. The second-order valence-corrected chi connectivity index (χ2v) is 7.59. The van der Waals surface area contributed by atoms with Crippen molar-refractivity contribution in [2.24, 2.45) is 5.73 Å². The van der Waals surface area contributed by atoms with Crippen LogP contribution in [0.3, 0.4) is 0 Å². The number of carbonyl (C=O) groups is 3. The van der Waals surface area contributed by atoms with E-state index in [1.807, 2.05) is 0 Å². The molecule has 1 unspecified atom stereocenters. The van der Waals surface area contributed by atoms with Gasteiger partial charge in [0, 0.05) is 21.5 Å². The number of hydrogen-bond acceptors (Lipinski definition) is 4. The smallest absolute Gasteiger partial charge is 0.250 e. The van der Waals surface area contributed by atoms with E-state index >= 15 is 0 Å². The summed E-state index contributed by atoms with van der Waals surface area (Å²) in [5.41, 5.74) is 6.94. The van der Waals surface area contributed by atoms with Crippen LogP contribution in [0.15, 0.2) is 42.5 Å².